The Bertz CT molecular complexity index is 1230. The predicted molar refractivity (Wildman–Crippen MR) is 133 cm³/mol. The zero-order valence-electron chi connectivity index (χ0n) is 20.2. The molecule has 4 rings (SSSR count). The van der Waals surface area contributed by atoms with E-state index in [1.807, 2.05) is 49.1 Å². The second-order valence-corrected chi connectivity index (χ2v) is 8.56. The maximum absolute atomic E-state index is 13.5. The van der Waals surface area contributed by atoms with Crippen molar-refractivity contribution in [3.05, 3.63) is 76.5 Å². The van der Waals surface area contributed by atoms with Gasteiger partial charge >= 0.3 is 0 Å². The molecule has 1 aliphatic rings. The van der Waals surface area contributed by atoms with Crippen molar-refractivity contribution in [1.29, 1.82) is 0 Å². The van der Waals surface area contributed by atoms with Gasteiger partial charge in [-0.1, -0.05) is 6.07 Å². The summed E-state index contributed by atoms with van der Waals surface area (Å²) in [4.78, 5) is 32.7. The molecule has 2 aromatic carbocycles. The molecule has 0 saturated carbocycles. The summed E-state index contributed by atoms with van der Waals surface area (Å²) in [5.74, 6) is 1.08. The molecule has 1 saturated heterocycles. The van der Waals surface area contributed by atoms with Crippen molar-refractivity contribution in [1.82, 2.24) is 9.88 Å². The van der Waals surface area contributed by atoms with Gasteiger partial charge in [0.1, 0.15) is 5.69 Å². The molecule has 1 aromatic heterocycles. The summed E-state index contributed by atoms with van der Waals surface area (Å²) in [6.45, 7) is 5.17. The molecule has 2 atom stereocenters. The van der Waals surface area contributed by atoms with Gasteiger partial charge in [0.2, 0.25) is 0 Å². The summed E-state index contributed by atoms with van der Waals surface area (Å²) in [7, 11) is 3.16. The summed E-state index contributed by atoms with van der Waals surface area (Å²) in [5.41, 5.74) is 2.82. The molecule has 2 heterocycles. The van der Waals surface area contributed by atoms with Gasteiger partial charge in [-0.05, 0) is 56.3 Å². The molecule has 0 N–H and O–H groups in total. The molecular weight excluding hydrogens is 448 g/mol. The van der Waals surface area contributed by atoms with Crippen molar-refractivity contribution < 1.29 is 19.2 Å². The fourth-order valence-corrected chi connectivity index (χ4v) is 4.39. The highest BCUT2D eigenvalue weighted by atomic mass is 16.6. The second-order valence-electron chi connectivity index (χ2n) is 8.56. The monoisotopic (exact) mass is 476 g/mol. The SMILES string of the molecule is COc1ccc(-c2cccc(C(=O)N3CC(C)N(c4ccc([N+](=O)[O-])cc4)CC3C)n2)cc1OC. The van der Waals surface area contributed by atoms with Crippen LogP contribution in [0.3, 0.4) is 0 Å². The fourth-order valence-electron chi connectivity index (χ4n) is 4.39. The predicted octanol–water partition coefficient (Wildman–Crippen LogP) is 4.41. The van der Waals surface area contributed by atoms with Gasteiger partial charge in [0.05, 0.1) is 24.8 Å². The maximum atomic E-state index is 13.5. The van der Waals surface area contributed by atoms with Crippen LogP contribution in [-0.2, 0) is 0 Å². The second kappa shape index (κ2) is 10.0. The lowest BCUT2D eigenvalue weighted by atomic mass is 10.1. The van der Waals surface area contributed by atoms with Gasteiger partial charge < -0.3 is 19.3 Å². The average Bonchev–Trinajstić information content (AvgIpc) is 2.89. The number of benzene rings is 2. The Labute approximate surface area is 204 Å². The first-order valence-corrected chi connectivity index (χ1v) is 11.3. The molecule has 0 radical (unpaired) electrons. The minimum Gasteiger partial charge on any atom is -0.493 e. The number of aromatic nitrogens is 1. The van der Waals surface area contributed by atoms with Crippen LogP contribution in [0.2, 0.25) is 0 Å². The first kappa shape index (κ1) is 24.0. The van der Waals surface area contributed by atoms with Crippen LogP contribution in [0.1, 0.15) is 24.3 Å². The van der Waals surface area contributed by atoms with Crippen LogP contribution in [-0.4, -0.2) is 60.1 Å². The molecule has 0 bridgehead atoms. The zero-order valence-corrected chi connectivity index (χ0v) is 20.2. The summed E-state index contributed by atoms with van der Waals surface area (Å²) in [6, 6.07) is 17.4. The Hall–Kier alpha value is -4.14. The summed E-state index contributed by atoms with van der Waals surface area (Å²) >= 11 is 0. The maximum Gasteiger partial charge on any atom is 0.272 e. The van der Waals surface area contributed by atoms with Gasteiger partial charge in [0.25, 0.3) is 11.6 Å². The van der Waals surface area contributed by atoms with E-state index in [1.165, 1.54) is 12.1 Å². The Balaban J connectivity index is 1.53. The normalized spacial score (nSPS) is 17.7. The van der Waals surface area contributed by atoms with Crippen molar-refractivity contribution in [2.75, 3.05) is 32.2 Å². The molecule has 0 spiro atoms. The highest BCUT2D eigenvalue weighted by Gasteiger charge is 2.33. The van der Waals surface area contributed by atoms with Gasteiger partial charge in [-0.2, -0.15) is 0 Å². The molecule has 182 valence electrons. The van der Waals surface area contributed by atoms with Crippen molar-refractivity contribution in [2.24, 2.45) is 0 Å². The number of ether oxygens (including phenoxy) is 2. The third-order valence-electron chi connectivity index (χ3n) is 6.29. The number of nitro groups is 1. The first-order chi connectivity index (χ1) is 16.8. The molecule has 2 unspecified atom stereocenters. The smallest absolute Gasteiger partial charge is 0.272 e. The lowest BCUT2D eigenvalue weighted by Gasteiger charge is -2.45. The number of non-ortho nitro benzene ring substituents is 1. The van der Waals surface area contributed by atoms with Crippen molar-refractivity contribution >= 4 is 17.3 Å². The van der Waals surface area contributed by atoms with E-state index in [-0.39, 0.29) is 23.7 Å². The van der Waals surface area contributed by atoms with Crippen molar-refractivity contribution in [3.8, 4) is 22.8 Å². The number of anilines is 1. The standard InChI is InChI=1S/C26H28N4O5/c1-17-16-29(18(2)15-28(17)20-9-11-21(12-10-20)30(32)33)26(31)23-7-5-6-22(27-23)19-8-13-24(34-3)25(14-19)35-4/h5-14,17-18H,15-16H2,1-4H3. The van der Waals surface area contributed by atoms with E-state index < -0.39 is 4.92 Å². The van der Waals surface area contributed by atoms with E-state index in [0.29, 0.717) is 36.0 Å². The van der Waals surface area contributed by atoms with Gasteiger partial charge in [0.15, 0.2) is 11.5 Å². The summed E-state index contributed by atoms with van der Waals surface area (Å²) in [5, 5.41) is 11.0. The Kier molecular flexibility index (Phi) is 6.86. The fraction of sp³-hybridized carbons (Fsp3) is 0.308. The zero-order chi connectivity index (χ0) is 25.1. The molecular formula is C26H28N4O5. The number of hydrogen-bond acceptors (Lipinski definition) is 7. The van der Waals surface area contributed by atoms with Gasteiger partial charge in [-0.3, -0.25) is 14.9 Å². The quantitative estimate of drug-likeness (QED) is 0.384. The Morgan fingerprint density at radius 3 is 2.34 bits per heavy atom. The number of rotatable bonds is 6. The largest absolute Gasteiger partial charge is 0.493 e. The van der Waals surface area contributed by atoms with Crippen LogP contribution >= 0.6 is 0 Å². The van der Waals surface area contributed by atoms with Crippen LogP contribution in [0.25, 0.3) is 11.3 Å². The number of methoxy groups -OCH3 is 2. The summed E-state index contributed by atoms with van der Waals surface area (Å²) < 4.78 is 10.7. The van der Waals surface area contributed by atoms with Gasteiger partial charge in [-0.15, -0.1) is 0 Å². The van der Waals surface area contributed by atoms with Crippen LogP contribution in [0.15, 0.2) is 60.7 Å². The van der Waals surface area contributed by atoms with E-state index in [1.54, 1.807) is 32.4 Å². The minimum absolute atomic E-state index is 0.0330. The van der Waals surface area contributed by atoms with Crippen molar-refractivity contribution in [2.45, 2.75) is 25.9 Å². The highest BCUT2D eigenvalue weighted by molar-refractivity contribution is 5.93. The first-order valence-electron chi connectivity index (χ1n) is 11.3. The number of nitrogens with zero attached hydrogens (tertiary/aromatic N) is 4. The van der Waals surface area contributed by atoms with Crippen LogP contribution < -0.4 is 14.4 Å². The molecule has 3 aromatic rings. The lowest BCUT2D eigenvalue weighted by molar-refractivity contribution is -0.384. The molecule has 1 fully saturated rings. The molecule has 1 aliphatic heterocycles. The topological polar surface area (TPSA) is 98.0 Å². The highest BCUT2D eigenvalue weighted by Crippen LogP contribution is 2.32. The number of hydrogen-bond donors (Lipinski definition) is 0. The van der Waals surface area contributed by atoms with E-state index in [0.717, 1.165) is 11.3 Å². The van der Waals surface area contributed by atoms with E-state index in [4.69, 9.17) is 9.47 Å². The minimum atomic E-state index is -0.407. The number of carbonyl (C=O) groups excluding carboxylic acids is 1. The van der Waals surface area contributed by atoms with E-state index >= 15 is 0 Å². The van der Waals surface area contributed by atoms with Crippen LogP contribution in [0.5, 0.6) is 11.5 Å². The molecule has 1 amide bonds. The number of pyridine rings is 1. The molecule has 35 heavy (non-hydrogen) atoms. The van der Waals surface area contributed by atoms with Crippen molar-refractivity contribution in [3.63, 3.8) is 0 Å². The van der Waals surface area contributed by atoms with E-state index in [2.05, 4.69) is 9.88 Å². The number of amides is 1. The molecule has 9 heteroatoms. The van der Waals surface area contributed by atoms with Crippen LogP contribution in [0.4, 0.5) is 11.4 Å². The Morgan fingerprint density at radius 2 is 1.69 bits per heavy atom. The number of piperazine rings is 1. The van der Waals surface area contributed by atoms with Gasteiger partial charge in [0, 0.05) is 48.6 Å². The third-order valence-corrected chi connectivity index (χ3v) is 6.29. The third kappa shape index (κ3) is 4.89. The summed E-state index contributed by atoms with van der Waals surface area (Å²) in [6.07, 6.45) is 0. The van der Waals surface area contributed by atoms with E-state index in [9.17, 15) is 14.9 Å². The molecule has 9 nitrogen and oxygen atoms in total. The number of nitro benzene ring substituents is 1. The Morgan fingerprint density at radius 1 is 0.971 bits per heavy atom. The van der Waals surface area contributed by atoms with Gasteiger partial charge in [-0.25, -0.2) is 4.98 Å². The molecule has 0 aliphatic carbocycles. The number of carbonyl (C=O) groups is 1. The lowest BCUT2D eigenvalue weighted by Crippen LogP contribution is -2.58. The average molecular weight is 477 g/mol. The van der Waals surface area contributed by atoms with Crippen LogP contribution in [0, 0.1) is 10.1 Å².